The number of anilines is 2. The van der Waals surface area contributed by atoms with Crippen molar-refractivity contribution in [2.24, 2.45) is 0 Å². The van der Waals surface area contributed by atoms with Crippen LogP contribution in [0.2, 0.25) is 0 Å². The molecule has 120 valence electrons. The highest BCUT2D eigenvalue weighted by molar-refractivity contribution is 5.44. The van der Waals surface area contributed by atoms with Gasteiger partial charge in [-0.1, -0.05) is 24.3 Å². The van der Waals surface area contributed by atoms with Crippen LogP contribution in [0, 0.1) is 0 Å². The topological polar surface area (TPSA) is 67.1 Å². The molecule has 1 aliphatic heterocycles. The zero-order valence-electron chi connectivity index (χ0n) is 13.3. The number of likely N-dealkylation sites (tertiary alicyclic amines) is 1. The van der Waals surface area contributed by atoms with E-state index in [-0.39, 0.29) is 0 Å². The second kappa shape index (κ2) is 6.16. The lowest BCUT2D eigenvalue weighted by atomic mass is 10.0. The van der Waals surface area contributed by atoms with Crippen molar-refractivity contribution >= 4 is 11.6 Å². The van der Waals surface area contributed by atoms with E-state index >= 15 is 0 Å². The molecule has 2 heterocycles. The first kappa shape index (κ1) is 14.5. The maximum absolute atomic E-state index is 5.74. The summed E-state index contributed by atoms with van der Waals surface area (Å²) >= 11 is 0. The van der Waals surface area contributed by atoms with Gasteiger partial charge in [-0.2, -0.15) is 0 Å². The van der Waals surface area contributed by atoms with Crippen LogP contribution >= 0.6 is 0 Å². The predicted molar refractivity (Wildman–Crippen MR) is 92.3 cm³/mol. The van der Waals surface area contributed by atoms with Crippen LogP contribution < -0.4 is 11.1 Å². The highest BCUT2D eigenvalue weighted by atomic mass is 15.2. The fourth-order valence-corrected chi connectivity index (χ4v) is 3.91. The van der Waals surface area contributed by atoms with Gasteiger partial charge in [0.1, 0.15) is 18.0 Å². The van der Waals surface area contributed by atoms with Gasteiger partial charge in [0.2, 0.25) is 0 Å². The summed E-state index contributed by atoms with van der Waals surface area (Å²) in [4.78, 5) is 10.9. The number of hydrogen-bond donors (Lipinski definition) is 2. The van der Waals surface area contributed by atoms with E-state index in [2.05, 4.69) is 44.5 Å². The number of rotatable bonds is 3. The van der Waals surface area contributed by atoms with E-state index in [0.29, 0.717) is 17.9 Å². The van der Waals surface area contributed by atoms with E-state index in [1.54, 1.807) is 0 Å². The van der Waals surface area contributed by atoms with Crippen molar-refractivity contribution < 1.29 is 0 Å². The number of nitrogens with zero attached hydrogens (tertiary/aromatic N) is 3. The van der Waals surface area contributed by atoms with Crippen LogP contribution in [0.5, 0.6) is 0 Å². The van der Waals surface area contributed by atoms with Crippen molar-refractivity contribution in [3.63, 3.8) is 0 Å². The number of nitrogens with two attached hydrogens (primary N) is 1. The van der Waals surface area contributed by atoms with Crippen LogP contribution in [0.15, 0.2) is 36.7 Å². The third kappa shape index (κ3) is 3.15. The molecule has 1 aliphatic carbocycles. The van der Waals surface area contributed by atoms with Gasteiger partial charge in [-0.15, -0.1) is 0 Å². The molecular weight excluding hydrogens is 286 g/mol. The van der Waals surface area contributed by atoms with Gasteiger partial charge in [-0.3, -0.25) is 4.90 Å². The molecule has 1 atom stereocenters. The van der Waals surface area contributed by atoms with E-state index in [1.165, 1.54) is 49.7 Å². The lowest BCUT2D eigenvalue weighted by molar-refractivity contribution is 0.158. The molecule has 4 rings (SSSR count). The molecule has 0 radical (unpaired) electrons. The maximum atomic E-state index is 5.74. The Balaban J connectivity index is 1.40. The number of nitrogens with one attached hydrogen (secondary N) is 1. The largest absolute Gasteiger partial charge is 0.384 e. The van der Waals surface area contributed by atoms with Gasteiger partial charge in [-0.05, 0) is 43.4 Å². The summed E-state index contributed by atoms with van der Waals surface area (Å²) in [7, 11) is 0. The molecule has 0 bridgehead atoms. The van der Waals surface area contributed by atoms with E-state index in [0.717, 1.165) is 12.4 Å². The highest BCUT2D eigenvalue weighted by Crippen LogP contribution is 2.28. The third-order valence-electron chi connectivity index (χ3n) is 5.04. The molecule has 5 nitrogen and oxygen atoms in total. The van der Waals surface area contributed by atoms with Crippen molar-refractivity contribution in [2.45, 2.75) is 37.8 Å². The Labute approximate surface area is 136 Å². The molecule has 0 spiro atoms. The molecule has 23 heavy (non-hydrogen) atoms. The number of fused-ring (bicyclic) bond motifs is 1. The number of aromatic nitrogens is 2. The van der Waals surface area contributed by atoms with Crippen LogP contribution in [0.4, 0.5) is 11.6 Å². The van der Waals surface area contributed by atoms with Crippen LogP contribution in [0.1, 0.15) is 24.0 Å². The van der Waals surface area contributed by atoms with Crippen molar-refractivity contribution in [3.8, 4) is 0 Å². The number of hydrogen-bond acceptors (Lipinski definition) is 5. The number of benzene rings is 1. The molecular formula is C18H23N5. The predicted octanol–water partition coefficient (Wildman–Crippen LogP) is 2.10. The molecule has 2 aromatic rings. The Morgan fingerprint density at radius 1 is 1.13 bits per heavy atom. The lowest BCUT2D eigenvalue weighted by Gasteiger charge is -2.37. The summed E-state index contributed by atoms with van der Waals surface area (Å²) < 4.78 is 0. The Kier molecular flexibility index (Phi) is 3.87. The molecule has 1 aromatic heterocycles. The van der Waals surface area contributed by atoms with E-state index in [1.807, 2.05) is 6.07 Å². The Morgan fingerprint density at radius 2 is 1.91 bits per heavy atom. The van der Waals surface area contributed by atoms with Crippen LogP contribution in [-0.2, 0) is 12.8 Å². The SMILES string of the molecule is Nc1cc(N[C@H]2CCCN(C3Cc4ccccc4C3)C2)ncn1. The Hall–Kier alpha value is -2.14. The Morgan fingerprint density at radius 3 is 2.65 bits per heavy atom. The Bertz CT molecular complexity index is 662. The van der Waals surface area contributed by atoms with Gasteiger partial charge in [-0.25, -0.2) is 9.97 Å². The van der Waals surface area contributed by atoms with Gasteiger partial charge in [0.25, 0.3) is 0 Å². The first-order valence-electron chi connectivity index (χ1n) is 8.43. The molecule has 1 saturated heterocycles. The van der Waals surface area contributed by atoms with Crippen molar-refractivity contribution in [1.82, 2.24) is 14.9 Å². The minimum absolute atomic E-state index is 0.432. The molecule has 3 N–H and O–H groups in total. The van der Waals surface area contributed by atoms with Crippen molar-refractivity contribution in [1.29, 1.82) is 0 Å². The van der Waals surface area contributed by atoms with Crippen molar-refractivity contribution in [3.05, 3.63) is 47.8 Å². The average molecular weight is 309 g/mol. The van der Waals surface area contributed by atoms with Gasteiger partial charge in [0, 0.05) is 24.7 Å². The maximum Gasteiger partial charge on any atom is 0.131 e. The van der Waals surface area contributed by atoms with Crippen molar-refractivity contribution in [2.75, 3.05) is 24.1 Å². The van der Waals surface area contributed by atoms with Crippen LogP contribution in [0.25, 0.3) is 0 Å². The second-order valence-electron chi connectivity index (χ2n) is 6.64. The normalized spacial score (nSPS) is 22.0. The van der Waals surface area contributed by atoms with Gasteiger partial charge in [0.15, 0.2) is 0 Å². The highest BCUT2D eigenvalue weighted by Gasteiger charge is 2.30. The number of nitrogen functional groups attached to an aromatic ring is 1. The first-order chi connectivity index (χ1) is 11.3. The standard InChI is InChI=1S/C18H23N5/c19-17-10-18(21-12-20-17)22-15-6-3-7-23(11-15)16-8-13-4-1-2-5-14(13)9-16/h1-2,4-5,10,12,15-16H,3,6-9,11H2,(H3,19,20,21,22)/t15-/m0/s1. The third-order valence-corrected chi connectivity index (χ3v) is 5.04. The average Bonchev–Trinajstić information content (AvgIpc) is 2.99. The molecule has 1 fully saturated rings. The minimum atomic E-state index is 0.432. The quantitative estimate of drug-likeness (QED) is 0.909. The summed E-state index contributed by atoms with van der Waals surface area (Å²) in [5, 5.41) is 3.52. The smallest absolute Gasteiger partial charge is 0.131 e. The summed E-state index contributed by atoms with van der Waals surface area (Å²) in [5.74, 6) is 1.35. The van der Waals surface area contributed by atoms with Crippen LogP contribution in [-0.4, -0.2) is 40.0 Å². The molecule has 5 heteroatoms. The lowest BCUT2D eigenvalue weighted by Crippen LogP contribution is -2.47. The number of piperidine rings is 1. The molecule has 0 saturated carbocycles. The minimum Gasteiger partial charge on any atom is -0.384 e. The van der Waals surface area contributed by atoms with E-state index in [9.17, 15) is 0 Å². The van der Waals surface area contributed by atoms with Gasteiger partial charge < -0.3 is 11.1 Å². The molecule has 1 aromatic carbocycles. The summed E-state index contributed by atoms with van der Waals surface area (Å²) in [6.07, 6.45) is 6.30. The van der Waals surface area contributed by atoms with Gasteiger partial charge in [0.05, 0.1) is 0 Å². The van der Waals surface area contributed by atoms with E-state index < -0.39 is 0 Å². The van der Waals surface area contributed by atoms with Gasteiger partial charge >= 0.3 is 0 Å². The first-order valence-corrected chi connectivity index (χ1v) is 8.43. The molecule has 2 aliphatic rings. The molecule has 0 unspecified atom stereocenters. The van der Waals surface area contributed by atoms with Crippen LogP contribution in [0.3, 0.4) is 0 Å². The fourth-order valence-electron chi connectivity index (χ4n) is 3.91. The summed E-state index contributed by atoms with van der Waals surface area (Å²) in [5.41, 5.74) is 8.79. The second-order valence-corrected chi connectivity index (χ2v) is 6.64. The zero-order valence-corrected chi connectivity index (χ0v) is 13.3. The fraction of sp³-hybridized carbons (Fsp3) is 0.444. The monoisotopic (exact) mass is 309 g/mol. The van der Waals surface area contributed by atoms with E-state index in [4.69, 9.17) is 5.73 Å². The summed E-state index contributed by atoms with van der Waals surface area (Å²) in [6.45, 7) is 2.27. The molecule has 0 amide bonds. The zero-order chi connectivity index (χ0) is 15.6. The summed E-state index contributed by atoms with van der Waals surface area (Å²) in [6, 6.07) is 11.7.